The molecule has 2 aliphatic rings. The predicted octanol–water partition coefficient (Wildman–Crippen LogP) is 2.38. The first kappa shape index (κ1) is 17.6. The number of carbonyl (C=O) groups is 1. The van der Waals surface area contributed by atoms with Crippen molar-refractivity contribution < 1.29 is 13.9 Å². The van der Waals surface area contributed by atoms with Crippen LogP contribution < -0.4 is 14.5 Å². The van der Waals surface area contributed by atoms with E-state index >= 15 is 0 Å². The molecule has 0 N–H and O–H groups in total. The number of nitrogens with zero attached hydrogens (tertiary/aromatic N) is 6. The van der Waals surface area contributed by atoms with Crippen LogP contribution in [0.3, 0.4) is 0 Å². The maximum Gasteiger partial charge on any atom is 0.263 e. The van der Waals surface area contributed by atoms with Crippen molar-refractivity contribution in [1.29, 1.82) is 0 Å². The number of methoxy groups -OCH3 is 1. The minimum atomic E-state index is -0.793. The summed E-state index contributed by atoms with van der Waals surface area (Å²) in [4.78, 5) is 25.1. The topological polar surface area (TPSA) is 76.4 Å². The number of carbonyl (C=O) groups excluding carboxylic acids is 1. The first-order valence-electron chi connectivity index (χ1n) is 9.39. The Labute approximate surface area is 166 Å². The number of pyridine rings is 2. The van der Waals surface area contributed by atoms with Crippen LogP contribution in [0.2, 0.25) is 0 Å². The molecule has 148 valence electrons. The Kier molecular flexibility index (Phi) is 4.15. The van der Waals surface area contributed by atoms with Crippen molar-refractivity contribution in [2.24, 2.45) is 0 Å². The number of halogens is 1. The maximum atomic E-state index is 13.4. The standard InChI is InChI=1S/C20H19FN6O2/c1-29-19-4-2-3-18(23-19)26-12-16-15(20(26)28)11-27(24-16)14-5-6-17(22-9-14)25-8-7-13(21)10-25/h2-6,9,11,13H,7-8,10,12H2,1H3/t13-/m1/s1. The van der Waals surface area contributed by atoms with Gasteiger partial charge in [0.2, 0.25) is 5.88 Å². The molecule has 0 radical (unpaired) electrons. The second-order valence-electron chi connectivity index (χ2n) is 7.07. The van der Waals surface area contributed by atoms with Crippen molar-refractivity contribution in [2.75, 3.05) is 30.0 Å². The van der Waals surface area contributed by atoms with Crippen molar-refractivity contribution in [1.82, 2.24) is 19.7 Å². The van der Waals surface area contributed by atoms with E-state index in [4.69, 9.17) is 4.74 Å². The van der Waals surface area contributed by atoms with Gasteiger partial charge in [0, 0.05) is 18.8 Å². The fourth-order valence-electron chi connectivity index (χ4n) is 3.68. The zero-order chi connectivity index (χ0) is 20.0. The van der Waals surface area contributed by atoms with E-state index in [1.54, 1.807) is 40.2 Å². The Balaban J connectivity index is 1.36. The van der Waals surface area contributed by atoms with E-state index in [1.165, 1.54) is 7.11 Å². The normalized spacial score (nSPS) is 18.4. The number of alkyl halides is 1. The van der Waals surface area contributed by atoms with Crippen LogP contribution in [-0.4, -0.2) is 52.0 Å². The molecule has 0 unspecified atom stereocenters. The molecule has 0 aliphatic carbocycles. The second kappa shape index (κ2) is 6.84. The summed E-state index contributed by atoms with van der Waals surface area (Å²) < 4.78 is 20.2. The molecular weight excluding hydrogens is 375 g/mol. The minimum absolute atomic E-state index is 0.150. The van der Waals surface area contributed by atoms with E-state index < -0.39 is 6.17 Å². The molecule has 29 heavy (non-hydrogen) atoms. The summed E-state index contributed by atoms with van der Waals surface area (Å²) in [5.74, 6) is 1.58. The third-order valence-corrected chi connectivity index (χ3v) is 5.22. The number of rotatable bonds is 4. The molecule has 0 saturated carbocycles. The fourth-order valence-corrected chi connectivity index (χ4v) is 3.68. The van der Waals surface area contributed by atoms with Crippen LogP contribution in [0.15, 0.2) is 42.7 Å². The molecule has 1 amide bonds. The average Bonchev–Trinajstić information content (AvgIpc) is 3.44. The van der Waals surface area contributed by atoms with E-state index in [-0.39, 0.29) is 5.91 Å². The summed E-state index contributed by atoms with van der Waals surface area (Å²) in [5.41, 5.74) is 1.97. The highest BCUT2D eigenvalue weighted by Crippen LogP contribution is 2.28. The van der Waals surface area contributed by atoms with Crippen LogP contribution in [0.1, 0.15) is 22.5 Å². The number of hydrogen-bond acceptors (Lipinski definition) is 6. The maximum absolute atomic E-state index is 13.4. The number of fused-ring (bicyclic) bond motifs is 1. The summed E-state index contributed by atoms with van der Waals surface area (Å²) in [6.07, 6.45) is 3.14. The molecule has 5 rings (SSSR count). The molecule has 3 aromatic heterocycles. The van der Waals surface area contributed by atoms with Gasteiger partial charge in [0.15, 0.2) is 0 Å². The highest BCUT2D eigenvalue weighted by Gasteiger charge is 2.33. The molecule has 1 saturated heterocycles. The van der Waals surface area contributed by atoms with Gasteiger partial charge in [0.05, 0.1) is 43.3 Å². The summed E-state index contributed by atoms with van der Waals surface area (Å²) in [7, 11) is 1.54. The summed E-state index contributed by atoms with van der Waals surface area (Å²) >= 11 is 0. The van der Waals surface area contributed by atoms with E-state index in [9.17, 15) is 9.18 Å². The number of hydrogen-bond donors (Lipinski definition) is 0. The Morgan fingerprint density at radius 1 is 1.21 bits per heavy atom. The molecule has 5 heterocycles. The lowest BCUT2D eigenvalue weighted by molar-refractivity contribution is 0.0995. The Morgan fingerprint density at radius 2 is 2.10 bits per heavy atom. The second-order valence-corrected chi connectivity index (χ2v) is 7.07. The van der Waals surface area contributed by atoms with E-state index in [0.717, 1.165) is 11.5 Å². The molecule has 0 bridgehead atoms. The quantitative estimate of drug-likeness (QED) is 0.676. The van der Waals surface area contributed by atoms with Crippen molar-refractivity contribution in [3.63, 3.8) is 0 Å². The predicted molar refractivity (Wildman–Crippen MR) is 104 cm³/mol. The smallest absolute Gasteiger partial charge is 0.263 e. The molecule has 1 fully saturated rings. The molecule has 9 heteroatoms. The van der Waals surface area contributed by atoms with Crippen LogP contribution in [0, 0.1) is 0 Å². The lowest BCUT2D eigenvalue weighted by Crippen LogP contribution is -2.25. The van der Waals surface area contributed by atoms with Gasteiger partial charge in [0.25, 0.3) is 5.91 Å². The monoisotopic (exact) mass is 394 g/mol. The van der Waals surface area contributed by atoms with Crippen molar-refractivity contribution in [3.05, 3.63) is 54.0 Å². The first-order valence-corrected chi connectivity index (χ1v) is 9.39. The highest BCUT2D eigenvalue weighted by atomic mass is 19.1. The van der Waals surface area contributed by atoms with Crippen LogP contribution in [0.25, 0.3) is 5.69 Å². The average molecular weight is 394 g/mol. The zero-order valence-electron chi connectivity index (χ0n) is 15.8. The van der Waals surface area contributed by atoms with Gasteiger partial charge in [-0.3, -0.25) is 9.69 Å². The Morgan fingerprint density at radius 3 is 2.79 bits per heavy atom. The van der Waals surface area contributed by atoms with Gasteiger partial charge in [-0.15, -0.1) is 0 Å². The van der Waals surface area contributed by atoms with Crippen LogP contribution >= 0.6 is 0 Å². The molecule has 0 spiro atoms. The molecule has 1 atom stereocenters. The van der Waals surface area contributed by atoms with Crippen LogP contribution in [0.4, 0.5) is 16.0 Å². The molecule has 2 aliphatic heterocycles. The third-order valence-electron chi connectivity index (χ3n) is 5.22. The summed E-state index contributed by atoms with van der Waals surface area (Å²) in [6, 6.07) is 9.03. The SMILES string of the molecule is COc1cccc(N2Cc3nn(-c4ccc(N5CC[C@@H](F)C5)nc4)cc3C2=O)n1. The first-order chi connectivity index (χ1) is 14.1. The van der Waals surface area contributed by atoms with Crippen molar-refractivity contribution >= 4 is 17.5 Å². The highest BCUT2D eigenvalue weighted by molar-refractivity contribution is 6.09. The van der Waals surface area contributed by atoms with Crippen molar-refractivity contribution in [3.8, 4) is 11.6 Å². The third kappa shape index (κ3) is 3.08. The number of amides is 1. The van der Waals surface area contributed by atoms with Gasteiger partial charge in [-0.05, 0) is 24.6 Å². The molecule has 3 aromatic rings. The van der Waals surface area contributed by atoms with E-state index in [0.29, 0.717) is 49.0 Å². The Hall–Kier alpha value is -3.49. The van der Waals surface area contributed by atoms with E-state index in [2.05, 4.69) is 15.1 Å². The minimum Gasteiger partial charge on any atom is -0.481 e. The lowest BCUT2D eigenvalue weighted by Gasteiger charge is -2.16. The summed E-state index contributed by atoms with van der Waals surface area (Å²) in [6.45, 7) is 1.40. The summed E-state index contributed by atoms with van der Waals surface area (Å²) in [5, 5.41) is 4.55. The van der Waals surface area contributed by atoms with E-state index in [1.807, 2.05) is 17.0 Å². The lowest BCUT2D eigenvalue weighted by atomic mass is 10.3. The largest absolute Gasteiger partial charge is 0.481 e. The van der Waals surface area contributed by atoms with Crippen molar-refractivity contribution in [2.45, 2.75) is 19.1 Å². The van der Waals surface area contributed by atoms with Gasteiger partial charge in [-0.1, -0.05) is 6.07 Å². The molecular formula is C20H19FN6O2. The number of ether oxygens (including phenoxy) is 1. The van der Waals surface area contributed by atoms with Crippen LogP contribution in [0.5, 0.6) is 5.88 Å². The number of anilines is 2. The zero-order valence-corrected chi connectivity index (χ0v) is 15.8. The fraction of sp³-hybridized carbons (Fsp3) is 0.300. The number of aromatic nitrogens is 4. The molecule has 8 nitrogen and oxygen atoms in total. The van der Waals surface area contributed by atoms with Crippen LogP contribution in [-0.2, 0) is 6.54 Å². The van der Waals surface area contributed by atoms with Gasteiger partial charge in [-0.25, -0.2) is 14.1 Å². The Bertz CT molecular complexity index is 1070. The van der Waals surface area contributed by atoms with Gasteiger partial charge in [-0.2, -0.15) is 10.1 Å². The molecule has 0 aromatic carbocycles. The van der Waals surface area contributed by atoms with Gasteiger partial charge < -0.3 is 9.64 Å². The van der Waals surface area contributed by atoms with Gasteiger partial charge in [0.1, 0.15) is 17.8 Å². The van der Waals surface area contributed by atoms with Gasteiger partial charge >= 0.3 is 0 Å².